The lowest BCUT2D eigenvalue weighted by atomic mass is 10.2. The van der Waals surface area contributed by atoms with E-state index < -0.39 is 6.17 Å². The van der Waals surface area contributed by atoms with Gasteiger partial charge in [-0.1, -0.05) is 24.3 Å². The molecule has 3 aromatic rings. The first kappa shape index (κ1) is 17.0. The van der Waals surface area contributed by atoms with Crippen molar-refractivity contribution in [3.63, 3.8) is 0 Å². The Hall–Kier alpha value is -3.41. The third-order valence-corrected chi connectivity index (χ3v) is 4.58. The Bertz CT molecular complexity index is 975. The number of para-hydroxylation sites is 1. The van der Waals surface area contributed by atoms with Gasteiger partial charge in [-0.3, -0.25) is 9.78 Å². The van der Waals surface area contributed by atoms with E-state index in [2.05, 4.69) is 10.3 Å². The molecule has 0 fully saturated rings. The van der Waals surface area contributed by atoms with Crippen molar-refractivity contribution < 1.29 is 13.9 Å². The zero-order valence-electron chi connectivity index (χ0n) is 14.7. The number of methoxy groups -OCH3 is 1. The van der Waals surface area contributed by atoms with Crippen LogP contribution in [0.3, 0.4) is 0 Å². The highest BCUT2D eigenvalue weighted by atomic mass is 19.1. The van der Waals surface area contributed by atoms with Crippen LogP contribution in [0.5, 0.6) is 5.75 Å². The number of aromatic nitrogens is 1. The minimum absolute atomic E-state index is 0.136. The van der Waals surface area contributed by atoms with Gasteiger partial charge in [-0.25, -0.2) is 4.39 Å². The summed E-state index contributed by atoms with van der Waals surface area (Å²) in [6, 6.07) is 17.4. The number of pyridine rings is 1. The maximum Gasteiger partial charge on any atom is 0.258 e. The lowest BCUT2D eigenvalue weighted by Gasteiger charge is -2.26. The van der Waals surface area contributed by atoms with E-state index in [-0.39, 0.29) is 11.7 Å². The maximum atomic E-state index is 14.2. The van der Waals surface area contributed by atoms with Gasteiger partial charge >= 0.3 is 0 Å². The van der Waals surface area contributed by atoms with Gasteiger partial charge in [-0.15, -0.1) is 0 Å². The van der Waals surface area contributed by atoms with Gasteiger partial charge in [0.25, 0.3) is 5.91 Å². The standard InChI is InChI=1S/C21H18FN3O2/c1-27-15-10-8-14(9-11-15)13-25-20(24-18-7-3-2-6-17(18)22)19-16(21(25)26)5-4-12-23-19/h2-12,20,24H,13H2,1H3. The molecular formula is C21H18FN3O2. The second-order valence-corrected chi connectivity index (χ2v) is 6.24. The van der Waals surface area contributed by atoms with Crippen LogP contribution in [0.25, 0.3) is 0 Å². The van der Waals surface area contributed by atoms with Crippen LogP contribution in [-0.4, -0.2) is 22.9 Å². The van der Waals surface area contributed by atoms with Crippen LogP contribution in [0.15, 0.2) is 66.9 Å². The number of amides is 1. The van der Waals surface area contributed by atoms with E-state index in [1.807, 2.05) is 24.3 Å². The molecule has 1 amide bonds. The Morgan fingerprint density at radius 3 is 2.63 bits per heavy atom. The summed E-state index contributed by atoms with van der Waals surface area (Å²) in [6.45, 7) is 0.366. The number of anilines is 1. The molecule has 4 rings (SSSR count). The molecule has 0 saturated heterocycles. The van der Waals surface area contributed by atoms with E-state index in [0.29, 0.717) is 23.5 Å². The van der Waals surface area contributed by atoms with E-state index in [4.69, 9.17) is 4.74 Å². The first-order valence-corrected chi connectivity index (χ1v) is 8.57. The van der Waals surface area contributed by atoms with Crippen molar-refractivity contribution in [2.24, 2.45) is 0 Å². The average Bonchev–Trinajstić information content (AvgIpc) is 2.96. The summed E-state index contributed by atoms with van der Waals surface area (Å²) in [7, 11) is 1.61. The Morgan fingerprint density at radius 2 is 1.89 bits per heavy atom. The topological polar surface area (TPSA) is 54.5 Å². The molecule has 136 valence electrons. The number of hydrogen-bond donors (Lipinski definition) is 1. The number of nitrogens with one attached hydrogen (secondary N) is 1. The quantitative estimate of drug-likeness (QED) is 0.745. The highest BCUT2D eigenvalue weighted by Gasteiger charge is 2.38. The number of rotatable bonds is 5. The van der Waals surface area contributed by atoms with Gasteiger partial charge in [0.05, 0.1) is 24.1 Å². The molecule has 27 heavy (non-hydrogen) atoms. The monoisotopic (exact) mass is 363 g/mol. The molecule has 1 aromatic heterocycles. The Labute approximate surface area is 156 Å². The van der Waals surface area contributed by atoms with Gasteiger partial charge in [0, 0.05) is 12.7 Å². The molecule has 1 aliphatic heterocycles. The molecule has 1 unspecified atom stereocenters. The molecule has 6 heteroatoms. The largest absolute Gasteiger partial charge is 0.497 e. The number of ether oxygens (including phenoxy) is 1. The number of halogens is 1. The van der Waals surface area contributed by atoms with Gasteiger partial charge in [0.15, 0.2) is 0 Å². The van der Waals surface area contributed by atoms with Crippen LogP contribution in [0, 0.1) is 5.82 Å². The first-order valence-electron chi connectivity index (χ1n) is 8.57. The molecule has 1 atom stereocenters. The Kier molecular flexibility index (Phi) is 4.46. The van der Waals surface area contributed by atoms with Gasteiger partial charge in [0.2, 0.25) is 0 Å². The number of benzene rings is 2. The van der Waals surface area contributed by atoms with Crippen molar-refractivity contribution >= 4 is 11.6 Å². The van der Waals surface area contributed by atoms with Gasteiger partial charge in [-0.05, 0) is 42.0 Å². The van der Waals surface area contributed by atoms with Crippen LogP contribution < -0.4 is 10.1 Å². The third kappa shape index (κ3) is 3.21. The average molecular weight is 363 g/mol. The minimum atomic E-state index is -0.548. The Balaban J connectivity index is 1.67. The fraction of sp³-hybridized carbons (Fsp3) is 0.143. The summed E-state index contributed by atoms with van der Waals surface area (Å²) in [5.74, 6) is 0.235. The molecule has 0 spiro atoms. The van der Waals surface area contributed by atoms with Gasteiger partial charge in [0.1, 0.15) is 17.7 Å². The number of nitrogens with zero attached hydrogens (tertiary/aromatic N) is 2. The summed E-state index contributed by atoms with van der Waals surface area (Å²) in [4.78, 5) is 19.0. The molecule has 2 aromatic carbocycles. The van der Waals surface area contributed by atoms with Crippen LogP contribution in [0.1, 0.15) is 27.8 Å². The fourth-order valence-corrected chi connectivity index (χ4v) is 3.20. The number of carbonyl (C=O) groups excluding carboxylic acids is 1. The third-order valence-electron chi connectivity index (χ3n) is 4.58. The van der Waals surface area contributed by atoms with E-state index in [0.717, 1.165) is 11.3 Å². The van der Waals surface area contributed by atoms with Crippen LogP contribution >= 0.6 is 0 Å². The van der Waals surface area contributed by atoms with Crippen LogP contribution in [0.4, 0.5) is 10.1 Å². The molecule has 5 nitrogen and oxygen atoms in total. The maximum absolute atomic E-state index is 14.2. The smallest absolute Gasteiger partial charge is 0.258 e. The van der Waals surface area contributed by atoms with Gasteiger partial charge < -0.3 is 15.0 Å². The predicted molar refractivity (Wildman–Crippen MR) is 99.9 cm³/mol. The number of carbonyl (C=O) groups is 1. The van der Waals surface area contributed by atoms with E-state index >= 15 is 0 Å². The lowest BCUT2D eigenvalue weighted by molar-refractivity contribution is 0.0727. The minimum Gasteiger partial charge on any atom is -0.497 e. The molecular weight excluding hydrogens is 345 g/mol. The van der Waals surface area contributed by atoms with Crippen molar-refractivity contribution in [1.82, 2.24) is 9.88 Å². The zero-order valence-corrected chi connectivity index (χ0v) is 14.7. The van der Waals surface area contributed by atoms with Crippen molar-refractivity contribution in [3.05, 3.63) is 89.5 Å². The van der Waals surface area contributed by atoms with Crippen molar-refractivity contribution in [1.29, 1.82) is 0 Å². The second kappa shape index (κ2) is 7.07. The van der Waals surface area contributed by atoms with Crippen molar-refractivity contribution in [2.45, 2.75) is 12.7 Å². The molecule has 1 N–H and O–H groups in total. The summed E-state index contributed by atoms with van der Waals surface area (Å²) in [5, 5.41) is 3.13. The van der Waals surface area contributed by atoms with Crippen LogP contribution in [0.2, 0.25) is 0 Å². The van der Waals surface area contributed by atoms with E-state index in [1.54, 1.807) is 48.5 Å². The number of fused-ring (bicyclic) bond motifs is 1. The molecule has 0 bridgehead atoms. The van der Waals surface area contributed by atoms with Crippen LogP contribution in [-0.2, 0) is 6.54 Å². The summed E-state index contributed by atoms with van der Waals surface area (Å²) < 4.78 is 19.3. The highest BCUT2D eigenvalue weighted by molar-refractivity contribution is 5.98. The predicted octanol–water partition coefficient (Wildman–Crippen LogP) is 4.00. The zero-order chi connectivity index (χ0) is 18.8. The molecule has 1 aliphatic rings. The molecule has 2 heterocycles. The van der Waals surface area contributed by atoms with Crippen molar-refractivity contribution in [3.8, 4) is 5.75 Å². The summed E-state index contributed by atoms with van der Waals surface area (Å²) >= 11 is 0. The van der Waals surface area contributed by atoms with E-state index in [1.165, 1.54) is 6.07 Å². The Morgan fingerprint density at radius 1 is 1.11 bits per heavy atom. The normalized spacial score (nSPS) is 15.6. The van der Waals surface area contributed by atoms with E-state index in [9.17, 15) is 9.18 Å². The first-order chi connectivity index (χ1) is 13.2. The summed E-state index contributed by atoms with van der Waals surface area (Å²) in [6.07, 6.45) is 1.09. The number of hydrogen-bond acceptors (Lipinski definition) is 4. The second-order valence-electron chi connectivity index (χ2n) is 6.24. The summed E-state index contributed by atoms with van der Waals surface area (Å²) in [5.41, 5.74) is 2.39. The lowest BCUT2D eigenvalue weighted by Crippen LogP contribution is -2.32. The molecule has 0 aliphatic carbocycles. The molecule has 0 radical (unpaired) electrons. The fourth-order valence-electron chi connectivity index (χ4n) is 3.20. The van der Waals surface area contributed by atoms with Crippen molar-refractivity contribution in [2.75, 3.05) is 12.4 Å². The van der Waals surface area contributed by atoms with Gasteiger partial charge in [-0.2, -0.15) is 0 Å². The molecule has 0 saturated carbocycles. The highest BCUT2D eigenvalue weighted by Crippen LogP contribution is 2.34. The SMILES string of the molecule is COc1ccc(CN2C(=O)c3cccnc3C2Nc2ccccc2F)cc1.